The summed E-state index contributed by atoms with van der Waals surface area (Å²) in [5.41, 5.74) is 0.907. The Morgan fingerprint density at radius 1 is 1.29 bits per heavy atom. The average Bonchev–Trinajstić information content (AvgIpc) is 2.52. The second-order valence-electron chi connectivity index (χ2n) is 5.24. The molecule has 0 bridgehead atoms. The molecular formula is C15H18N2O4. The standard InChI is InChI=1S/C15H18N2O4/c1-20-13-4-2-11(3-5-13)9-17-14(18)8-12-10-21-7-6-16(12)15(17)19/h2-5,12H,6-10H2,1H3. The van der Waals surface area contributed by atoms with Crippen LogP contribution in [0, 0.1) is 0 Å². The van der Waals surface area contributed by atoms with E-state index < -0.39 is 0 Å². The molecule has 1 aromatic carbocycles. The van der Waals surface area contributed by atoms with Gasteiger partial charge in [-0.2, -0.15) is 0 Å². The van der Waals surface area contributed by atoms with Crippen LogP contribution in [0.3, 0.4) is 0 Å². The monoisotopic (exact) mass is 290 g/mol. The van der Waals surface area contributed by atoms with Gasteiger partial charge in [0.05, 0.1) is 39.3 Å². The summed E-state index contributed by atoms with van der Waals surface area (Å²) in [4.78, 5) is 27.7. The summed E-state index contributed by atoms with van der Waals surface area (Å²) >= 11 is 0. The molecule has 0 spiro atoms. The van der Waals surface area contributed by atoms with Crippen LogP contribution in [0.4, 0.5) is 4.79 Å². The summed E-state index contributed by atoms with van der Waals surface area (Å²) < 4.78 is 10.4. The Labute approximate surface area is 123 Å². The molecule has 6 nitrogen and oxygen atoms in total. The Bertz CT molecular complexity index is 543. The van der Waals surface area contributed by atoms with Gasteiger partial charge < -0.3 is 14.4 Å². The lowest BCUT2D eigenvalue weighted by Gasteiger charge is -2.42. The van der Waals surface area contributed by atoms with Crippen LogP contribution in [0.2, 0.25) is 0 Å². The average molecular weight is 290 g/mol. The number of carbonyl (C=O) groups excluding carboxylic acids is 2. The van der Waals surface area contributed by atoms with Crippen LogP contribution in [-0.4, -0.2) is 54.6 Å². The molecule has 1 unspecified atom stereocenters. The van der Waals surface area contributed by atoms with Crippen molar-refractivity contribution < 1.29 is 19.1 Å². The van der Waals surface area contributed by atoms with Crippen LogP contribution in [0.5, 0.6) is 5.75 Å². The minimum Gasteiger partial charge on any atom is -0.497 e. The van der Waals surface area contributed by atoms with Crippen molar-refractivity contribution in [2.24, 2.45) is 0 Å². The first-order valence-electron chi connectivity index (χ1n) is 7.00. The summed E-state index contributed by atoms with van der Waals surface area (Å²) in [7, 11) is 1.60. The molecule has 112 valence electrons. The molecular weight excluding hydrogens is 272 g/mol. The fourth-order valence-electron chi connectivity index (χ4n) is 2.72. The van der Waals surface area contributed by atoms with E-state index in [4.69, 9.17) is 9.47 Å². The zero-order chi connectivity index (χ0) is 14.8. The summed E-state index contributed by atoms with van der Waals surface area (Å²) in [6.45, 7) is 1.84. The molecule has 2 fully saturated rings. The Morgan fingerprint density at radius 2 is 2.05 bits per heavy atom. The third kappa shape index (κ3) is 2.71. The third-order valence-electron chi connectivity index (χ3n) is 3.92. The Morgan fingerprint density at radius 3 is 2.76 bits per heavy atom. The Kier molecular flexibility index (Phi) is 3.79. The highest BCUT2D eigenvalue weighted by Crippen LogP contribution is 2.22. The van der Waals surface area contributed by atoms with Crippen molar-refractivity contribution in [1.29, 1.82) is 0 Å². The molecule has 2 saturated heterocycles. The number of morpholine rings is 1. The molecule has 2 heterocycles. The van der Waals surface area contributed by atoms with E-state index in [9.17, 15) is 9.59 Å². The van der Waals surface area contributed by atoms with Crippen LogP contribution in [-0.2, 0) is 16.1 Å². The number of fused-ring (bicyclic) bond motifs is 1. The number of ether oxygens (including phenoxy) is 2. The Balaban J connectivity index is 1.74. The highest BCUT2D eigenvalue weighted by molar-refractivity contribution is 5.97. The van der Waals surface area contributed by atoms with Crippen molar-refractivity contribution in [2.45, 2.75) is 19.0 Å². The topological polar surface area (TPSA) is 59.1 Å². The lowest BCUT2D eigenvalue weighted by molar-refractivity contribution is -0.136. The van der Waals surface area contributed by atoms with E-state index in [1.165, 1.54) is 4.90 Å². The van der Waals surface area contributed by atoms with Crippen LogP contribution in [0.25, 0.3) is 0 Å². The number of amides is 3. The fourth-order valence-corrected chi connectivity index (χ4v) is 2.72. The number of nitrogens with zero attached hydrogens (tertiary/aromatic N) is 2. The van der Waals surface area contributed by atoms with Gasteiger partial charge in [0.25, 0.3) is 0 Å². The number of rotatable bonds is 3. The number of hydrogen-bond donors (Lipinski definition) is 0. The summed E-state index contributed by atoms with van der Waals surface area (Å²) in [6.07, 6.45) is 0.335. The fraction of sp³-hybridized carbons (Fsp3) is 0.467. The molecule has 0 saturated carbocycles. The molecule has 0 radical (unpaired) electrons. The highest BCUT2D eigenvalue weighted by Gasteiger charge is 2.40. The van der Waals surface area contributed by atoms with Gasteiger partial charge in [0.1, 0.15) is 5.75 Å². The van der Waals surface area contributed by atoms with Gasteiger partial charge in [0.2, 0.25) is 5.91 Å². The molecule has 0 N–H and O–H groups in total. The minimum absolute atomic E-state index is 0.106. The van der Waals surface area contributed by atoms with Crippen molar-refractivity contribution in [1.82, 2.24) is 9.80 Å². The lowest BCUT2D eigenvalue weighted by atomic mass is 10.1. The van der Waals surface area contributed by atoms with Crippen molar-refractivity contribution in [3.63, 3.8) is 0 Å². The van der Waals surface area contributed by atoms with E-state index in [2.05, 4.69) is 0 Å². The zero-order valence-electron chi connectivity index (χ0n) is 11.9. The Hall–Kier alpha value is -2.08. The second kappa shape index (κ2) is 5.73. The van der Waals surface area contributed by atoms with Crippen molar-refractivity contribution in [3.8, 4) is 5.75 Å². The van der Waals surface area contributed by atoms with E-state index in [1.807, 2.05) is 24.3 Å². The number of urea groups is 1. The number of methoxy groups -OCH3 is 1. The first-order valence-corrected chi connectivity index (χ1v) is 7.00. The normalized spacial score (nSPS) is 22.2. The van der Waals surface area contributed by atoms with Gasteiger partial charge >= 0.3 is 6.03 Å². The molecule has 0 aliphatic carbocycles. The number of imide groups is 1. The summed E-state index contributed by atoms with van der Waals surface area (Å²) in [6, 6.07) is 7.06. The van der Waals surface area contributed by atoms with Crippen LogP contribution < -0.4 is 4.74 Å². The van der Waals surface area contributed by atoms with E-state index in [1.54, 1.807) is 12.0 Å². The van der Waals surface area contributed by atoms with Gasteiger partial charge in [0, 0.05) is 6.54 Å². The maximum Gasteiger partial charge on any atom is 0.327 e. The molecule has 1 aromatic rings. The van der Waals surface area contributed by atoms with E-state index in [0.29, 0.717) is 32.7 Å². The SMILES string of the molecule is COc1ccc(CN2C(=O)CC3COCCN3C2=O)cc1. The molecule has 2 aliphatic rings. The van der Waals surface area contributed by atoms with Gasteiger partial charge in [-0.25, -0.2) is 4.79 Å². The minimum atomic E-state index is -0.213. The van der Waals surface area contributed by atoms with Crippen molar-refractivity contribution >= 4 is 11.9 Å². The van der Waals surface area contributed by atoms with Crippen molar-refractivity contribution in [2.75, 3.05) is 26.9 Å². The number of carbonyl (C=O) groups is 2. The van der Waals surface area contributed by atoms with E-state index in [-0.39, 0.29) is 18.0 Å². The predicted octanol–water partition coefficient (Wildman–Crippen LogP) is 1.25. The first-order chi connectivity index (χ1) is 10.2. The predicted molar refractivity (Wildman–Crippen MR) is 74.9 cm³/mol. The van der Waals surface area contributed by atoms with Crippen LogP contribution >= 0.6 is 0 Å². The molecule has 2 aliphatic heterocycles. The summed E-state index contributed by atoms with van der Waals surface area (Å²) in [5, 5.41) is 0. The maximum absolute atomic E-state index is 12.4. The highest BCUT2D eigenvalue weighted by atomic mass is 16.5. The maximum atomic E-state index is 12.4. The van der Waals surface area contributed by atoms with Crippen LogP contribution in [0.1, 0.15) is 12.0 Å². The lowest BCUT2D eigenvalue weighted by Crippen LogP contribution is -2.60. The largest absolute Gasteiger partial charge is 0.497 e. The smallest absolute Gasteiger partial charge is 0.327 e. The molecule has 3 amide bonds. The van der Waals surface area contributed by atoms with Gasteiger partial charge in [0.15, 0.2) is 0 Å². The van der Waals surface area contributed by atoms with E-state index in [0.717, 1.165) is 11.3 Å². The number of hydrogen-bond acceptors (Lipinski definition) is 4. The second-order valence-corrected chi connectivity index (χ2v) is 5.24. The van der Waals surface area contributed by atoms with Gasteiger partial charge in [-0.1, -0.05) is 12.1 Å². The van der Waals surface area contributed by atoms with E-state index >= 15 is 0 Å². The zero-order valence-corrected chi connectivity index (χ0v) is 11.9. The summed E-state index contributed by atoms with van der Waals surface area (Å²) in [5.74, 6) is 0.617. The van der Waals surface area contributed by atoms with Gasteiger partial charge in [-0.3, -0.25) is 9.69 Å². The molecule has 3 rings (SSSR count). The van der Waals surface area contributed by atoms with Gasteiger partial charge in [-0.05, 0) is 17.7 Å². The van der Waals surface area contributed by atoms with Crippen LogP contribution in [0.15, 0.2) is 24.3 Å². The molecule has 0 aromatic heterocycles. The van der Waals surface area contributed by atoms with Crippen molar-refractivity contribution in [3.05, 3.63) is 29.8 Å². The quantitative estimate of drug-likeness (QED) is 0.840. The number of benzene rings is 1. The molecule has 1 atom stereocenters. The first kappa shape index (κ1) is 13.9. The molecule has 21 heavy (non-hydrogen) atoms. The third-order valence-corrected chi connectivity index (χ3v) is 3.92. The molecule has 6 heteroatoms. The van der Waals surface area contributed by atoms with Gasteiger partial charge in [-0.15, -0.1) is 0 Å².